The van der Waals surface area contributed by atoms with Crippen LogP contribution in [0.2, 0.25) is 0 Å². The molecule has 3 heteroatoms. The SMILES string of the molecule is c1ccc(-c2cccc(-c3cc(-c4ccccc4)nc(-c4ccc(-c5nc6ccc(-c7ccccc7)cc6c6c5ccc5ccccc56)cc4)n3)c2)cc1. The van der Waals surface area contributed by atoms with E-state index in [1.54, 1.807) is 0 Å². The summed E-state index contributed by atoms with van der Waals surface area (Å²) in [5.41, 5.74) is 12.5. The van der Waals surface area contributed by atoms with E-state index in [0.717, 1.165) is 61.2 Å². The van der Waals surface area contributed by atoms with Gasteiger partial charge in [-0.05, 0) is 57.3 Å². The topological polar surface area (TPSA) is 38.7 Å². The Morgan fingerprint density at radius 2 is 0.833 bits per heavy atom. The molecule has 2 aromatic heterocycles. The van der Waals surface area contributed by atoms with Crippen LogP contribution < -0.4 is 0 Å². The highest BCUT2D eigenvalue weighted by Gasteiger charge is 2.16. The molecule has 0 aliphatic rings. The van der Waals surface area contributed by atoms with Gasteiger partial charge < -0.3 is 0 Å². The van der Waals surface area contributed by atoms with E-state index >= 15 is 0 Å². The Labute approximate surface area is 313 Å². The minimum atomic E-state index is 0.679. The van der Waals surface area contributed by atoms with Crippen LogP contribution in [0.25, 0.3) is 99.9 Å². The second-order valence-corrected chi connectivity index (χ2v) is 13.6. The molecule has 0 N–H and O–H groups in total. The molecule has 0 bridgehead atoms. The predicted molar refractivity (Wildman–Crippen MR) is 225 cm³/mol. The zero-order valence-corrected chi connectivity index (χ0v) is 29.4. The second kappa shape index (κ2) is 13.4. The van der Waals surface area contributed by atoms with E-state index in [1.807, 2.05) is 24.3 Å². The normalized spacial score (nSPS) is 11.3. The summed E-state index contributed by atoms with van der Waals surface area (Å²) < 4.78 is 0. The Bertz CT molecular complexity index is 2960. The lowest BCUT2D eigenvalue weighted by Crippen LogP contribution is -1.96. The standard InChI is InChI=1S/C51H33N3/c1-4-13-34(14-5-1)40-20-12-21-42(31-40)48-33-47(37-18-8-3-9-19-37)53-51(54-48)39-25-23-38(24-26-39)50-44-29-27-36-17-10-11-22-43(36)49(44)45-32-41(28-30-46(45)52-50)35-15-6-2-7-16-35/h1-33H. The van der Waals surface area contributed by atoms with Gasteiger partial charge in [-0.1, -0.05) is 176 Å². The van der Waals surface area contributed by atoms with Crippen molar-refractivity contribution in [2.24, 2.45) is 0 Å². The van der Waals surface area contributed by atoms with E-state index in [4.69, 9.17) is 15.0 Å². The molecule has 0 amide bonds. The molecule has 10 aromatic rings. The Morgan fingerprint density at radius 1 is 0.278 bits per heavy atom. The van der Waals surface area contributed by atoms with Crippen LogP contribution in [0, 0.1) is 0 Å². The van der Waals surface area contributed by atoms with Crippen LogP contribution in [0.15, 0.2) is 200 Å². The summed E-state index contributed by atoms with van der Waals surface area (Å²) in [6.07, 6.45) is 0. The third kappa shape index (κ3) is 5.78. The summed E-state index contributed by atoms with van der Waals surface area (Å²) >= 11 is 0. The van der Waals surface area contributed by atoms with Crippen LogP contribution in [0.4, 0.5) is 0 Å². The number of pyridine rings is 1. The van der Waals surface area contributed by atoms with Gasteiger partial charge in [-0.2, -0.15) is 0 Å². The van der Waals surface area contributed by atoms with Gasteiger partial charge in [-0.3, -0.25) is 0 Å². The van der Waals surface area contributed by atoms with E-state index in [9.17, 15) is 0 Å². The van der Waals surface area contributed by atoms with Gasteiger partial charge in [0.1, 0.15) is 0 Å². The Balaban J connectivity index is 1.10. The Kier molecular flexibility index (Phi) is 7.81. The molecule has 10 rings (SSSR count). The number of fused-ring (bicyclic) bond motifs is 5. The van der Waals surface area contributed by atoms with E-state index in [2.05, 4.69) is 176 Å². The molecule has 0 unspecified atom stereocenters. The maximum Gasteiger partial charge on any atom is 0.160 e. The second-order valence-electron chi connectivity index (χ2n) is 13.6. The lowest BCUT2D eigenvalue weighted by Gasteiger charge is -2.14. The third-order valence-electron chi connectivity index (χ3n) is 10.3. The molecule has 8 aromatic carbocycles. The van der Waals surface area contributed by atoms with Crippen molar-refractivity contribution < 1.29 is 0 Å². The molecule has 54 heavy (non-hydrogen) atoms. The van der Waals surface area contributed by atoms with E-state index in [-0.39, 0.29) is 0 Å². The highest BCUT2D eigenvalue weighted by molar-refractivity contribution is 6.22. The number of nitrogens with zero attached hydrogens (tertiary/aromatic N) is 3. The van der Waals surface area contributed by atoms with Crippen molar-refractivity contribution in [1.29, 1.82) is 0 Å². The highest BCUT2D eigenvalue weighted by Crippen LogP contribution is 2.39. The van der Waals surface area contributed by atoms with Crippen LogP contribution in [0.1, 0.15) is 0 Å². The van der Waals surface area contributed by atoms with Gasteiger partial charge in [0.25, 0.3) is 0 Å². The maximum absolute atomic E-state index is 5.33. The van der Waals surface area contributed by atoms with Crippen molar-refractivity contribution in [2.45, 2.75) is 0 Å². The number of aromatic nitrogens is 3. The summed E-state index contributed by atoms with van der Waals surface area (Å²) in [5.74, 6) is 0.679. The first-order chi connectivity index (χ1) is 26.7. The largest absolute Gasteiger partial charge is 0.247 e. The fourth-order valence-corrected chi connectivity index (χ4v) is 7.55. The number of hydrogen-bond acceptors (Lipinski definition) is 3. The molecule has 0 saturated carbocycles. The first-order valence-electron chi connectivity index (χ1n) is 18.3. The average Bonchev–Trinajstić information content (AvgIpc) is 3.26. The molecule has 0 aliphatic heterocycles. The van der Waals surface area contributed by atoms with Gasteiger partial charge in [0.2, 0.25) is 0 Å². The van der Waals surface area contributed by atoms with Crippen molar-refractivity contribution in [3.05, 3.63) is 200 Å². The first-order valence-corrected chi connectivity index (χ1v) is 18.3. The number of hydrogen-bond donors (Lipinski definition) is 0. The van der Waals surface area contributed by atoms with E-state index < -0.39 is 0 Å². The van der Waals surface area contributed by atoms with E-state index in [0.29, 0.717) is 5.82 Å². The smallest absolute Gasteiger partial charge is 0.160 e. The maximum atomic E-state index is 5.33. The van der Waals surface area contributed by atoms with Gasteiger partial charge >= 0.3 is 0 Å². The average molecular weight is 688 g/mol. The fraction of sp³-hybridized carbons (Fsp3) is 0. The van der Waals surface area contributed by atoms with Gasteiger partial charge in [0.05, 0.1) is 22.6 Å². The summed E-state index contributed by atoms with van der Waals surface area (Å²) in [4.78, 5) is 15.6. The minimum Gasteiger partial charge on any atom is -0.247 e. The van der Waals surface area contributed by atoms with Crippen LogP contribution >= 0.6 is 0 Å². The zero-order chi connectivity index (χ0) is 35.8. The quantitative estimate of drug-likeness (QED) is 0.163. The predicted octanol–water partition coefficient (Wildman–Crippen LogP) is 13.3. The van der Waals surface area contributed by atoms with Crippen LogP contribution in [-0.2, 0) is 0 Å². The molecule has 0 radical (unpaired) electrons. The molecule has 3 nitrogen and oxygen atoms in total. The number of benzene rings is 8. The molecule has 2 heterocycles. The third-order valence-corrected chi connectivity index (χ3v) is 10.3. The lowest BCUT2D eigenvalue weighted by atomic mass is 9.93. The highest BCUT2D eigenvalue weighted by atomic mass is 14.9. The zero-order valence-electron chi connectivity index (χ0n) is 29.4. The minimum absolute atomic E-state index is 0.679. The van der Waals surface area contributed by atoms with Gasteiger partial charge in [-0.25, -0.2) is 15.0 Å². The summed E-state index contributed by atoms with van der Waals surface area (Å²) in [7, 11) is 0. The molecular weight excluding hydrogens is 655 g/mol. The molecule has 0 spiro atoms. The van der Waals surface area contributed by atoms with Gasteiger partial charge in [0, 0.05) is 38.4 Å². The number of rotatable bonds is 6. The van der Waals surface area contributed by atoms with Crippen molar-refractivity contribution in [3.8, 4) is 67.4 Å². The Hall–Kier alpha value is -7.23. The van der Waals surface area contributed by atoms with E-state index in [1.165, 1.54) is 32.8 Å². The molecule has 0 saturated heterocycles. The van der Waals surface area contributed by atoms with Gasteiger partial charge in [-0.15, -0.1) is 0 Å². The van der Waals surface area contributed by atoms with Crippen molar-refractivity contribution in [3.63, 3.8) is 0 Å². The lowest BCUT2D eigenvalue weighted by molar-refractivity contribution is 1.18. The summed E-state index contributed by atoms with van der Waals surface area (Å²) in [5, 5.41) is 5.93. The molecule has 0 aliphatic carbocycles. The molecular formula is C51H33N3. The van der Waals surface area contributed by atoms with Crippen LogP contribution in [-0.4, -0.2) is 15.0 Å². The van der Waals surface area contributed by atoms with Crippen LogP contribution in [0.5, 0.6) is 0 Å². The first kappa shape index (κ1) is 31.5. The van der Waals surface area contributed by atoms with Crippen molar-refractivity contribution in [1.82, 2.24) is 15.0 Å². The summed E-state index contributed by atoms with van der Waals surface area (Å²) in [6.45, 7) is 0. The van der Waals surface area contributed by atoms with Gasteiger partial charge in [0.15, 0.2) is 5.82 Å². The van der Waals surface area contributed by atoms with Crippen molar-refractivity contribution in [2.75, 3.05) is 0 Å². The van der Waals surface area contributed by atoms with Crippen LogP contribution in [0.3, 0.4) is 0 Å². The monoisotopic (exact) mass is 687 g/mol. The molecule has 252 valence electrons. The Morgan fingerprint density at radius 3 is 1.56 bits per heavy atom. The summed E-state index contributed by atoms with van der Waals surface area (Å²) in [6, 6.07) is 70.3. The molecule has 0 fully saturated rings. The molecule has 0 atom stereocenters. The van der Waals surface area contributed by atoms with Crippen molar-refractivity contribution >= 4 is 32.4 Å². The fourth-order valence-electron chi connectivity index (χ4n) is 7.55.